The van der Waals surface area contributed by atoms with Gasteiger partial charge in [0.2, 0.25) is 0 Å². The van der Waals surface area contributed by atoms with Crippen molar-refractivity contribution in [3.63, 3.8) is 0 Å². The number of halogens is 3. The zero-order valence-corrected chi connectivity index (χ0v) is 13.7. The van der Waals surface area contributed by atoms with Gasteiger partial charge < -0.3 is 10.2 Å². The number of alkyl halides is 2. The second-order valence-electron chi connectivity index (χ2n) is 5.79. The third-order valence-corrected chi connectivity index (χ3v) is 4.28. The molecule has 1 aromatic heterocycles. The van der Waals surface area contributed by atoms with E-state index in [1.54, 1.807) is 9.80 Å². The van der Waals surface area contributed by atoms with Gasteiger partial charge in [0.1, 0.15) is 0 Å². The molecule has 1 aromatic rings. The predicted octanol–water partition coefficient (Wildman–Crippen LogP) is 0.890. The SMILES string of the molecule is Cl.O=C(c1n[nH]c2c1CNCC2)N1CCCN(CC(F)F)CC1. The number of nitrogens with zero attached hydrogens (tertiary/aromatic N) is 3. The van der Waals surface area contributed by atoms with Gasteiger partial charge in [-0.15, -0.1) is 12.4 Å². The third kappa shape index (κ3) is 4.19. The monoisotopic (exact) mass is 349 g/mol. The van der Waals surface area contributed by atoms with E-state index in [1.807, 2.05) is 0 Å². The number of amides is 1. The molecule has 0 aliphatic carbocycles. The molecule has 0 unspecified atom stereocenters. The number of aromatic amines is 1. The van der Waals surface area contributed by atoms with Crippen molar-refractivity contribution in [1.82, 2.24) is 25.3 Å². The molecule has 0 atom stereocenters. The fraction of sp³-hybridized carbons (Fsp3) is 0.714. The Morgan fingerprint density at radius 1 is 1.26 bits per heavy atom. The molecule has 0 saturated carbocycles. The maximum atomic E-state index is 12.7. The first kappa shape index (κ1) is 18.1. The number of carbonyl (C=O) groups is 1. The Kier molecular flexibility index (Phi) is 6.32. The van der Waals surface area contributed by atoms with E-state index in [-0.39, 0.29) is 24.9 Å². The number of rotatable bonds is 3. The van der Waals surface area contributed by atoms with Gasteiger partial charge in [0.05, 0.1) is 6.54 Å². The van der Waals surface area contributed by atoms with Crippen LogP contribution in [0.5, 0.6) is 0 Å². The first-order valence-electron chi connectivity index (χ1n) is 7.71. The first-order chi connectivity index (χ1) is 10.6. The van der Waals surface area contributed by atoms with Crippen LogP contribution in [0.15, 0.2) is 0 Å². The number of carbonyl (C=O) groups excluding carboxylic acids is 1. The quantitative estimate of drug-likeness (QED) is 0.850. The average molecular weight is 350 g/mol. The van der Waals surface area contributed by atoms with Crippen molar-refractivity contribution >= 4 is 18.3 Å². The van der Waals surface area contributed by atoms with E-state index in [0.29, 0.717) is 44.8 Å². The van der Waals surface area contributed by atoms with Gasteiger partial charge in [-0.3, -0.25) is 14.8 Å². The van der Waals surface area contributed by atoms with Crippen LogP contribution in [-0.4, -0.2) is 71.6 Å². The van der Waals surface area contributed by atoms with Gasteiger partial charge in [-0.25, -0.2) is 8.78 Å². The molecule has 0 spiro atoms. The molecule has 1 amide bonds. The van der Waals surface area contributed by atoms with Crippen LogP contribution in [0.1, 0.15) is 28.2 Å². The van der Waals surface area contributed by atoms with Crippen molar-refractivity contribution in [2.75, 3.05) is 39.3 Å². The van der Waals surface area contributed by atoms with Crippen LogP contribution in [-0.2, 0) is 13.0 Å². The first-order valence-corrected chi connectivity index (χ1v) is 7.71. The molecule has 0 bridgehead atoms. The summed E-state index contributed by atoms with van der Waals surface area (Å²) in [5.41, 5.74) is 2.45. The second kappa shape index (κ2) is 8.03. The molecular weight excluding hydrogens is 328 g/mol. The molecule has 0 radical (unpaired) electrons. The van der Waals surface area contributed by atoms with Crippen molar-refractivity contribution in [2.45, 2.75) is 25.8 Å². The molecule has 6 nitrogen and oxygen atoms in total. The summed E-state index contributed by atoms with van der Waals surface area (Å²) in [5, 5.41) is 10.4. The highest BCUT2D eigenvalue weighted by Gasteiger charge is 2.27. The number of aromatic nitrogens is 2. The lowest BCUT2D eigenvalue weighted by Gasteiger charge is -2.22. The summed E-state index contributed by atoms with van der Waals surface area (Å²) in [6, 6.07) is 0. The Morgan fingerprint density at radius 2 is 2.09 bits per heavy atom. The lowest BCUT2D eigenvalue weighted by Crippen LogP contribution is -2.37. The average Bonchev–Trinajstić information content (AvgIpc) is 2.79. The Morgan fingerprint density at radius 3 is 2.87 bits per heavy atom. The minimum atomic E-state index is -2.33. The van der Waals surface area contributed by atoms with E-state index >= 15 is 0 Å². The van der Waals surface area contributed by atoms with Crippen LogP contribution in [0.2, 0.25) is 0 Å². The Hall–Kier alpha value is -1.25. The van der Waals surface area contributed by atoms with Crippen molar-refractivity contribution < 1.29 is 13.6 Å². The van der Waals surface area contributed by atoms with Gasteiger partial charge in [-0.1, -0.05) is 0 Å². The minimum absolute atomic E-state index is 0. The summed E-state index contributed by atoms with van der Waals surface area (Å²) in [6.45, 7) is 3.47. The van der Waals surface area contributed by atoms with Crippen molar-refractivity contribution in [1.29, 1.82) is 0 Å². The van der Waals surface area contributed by atoms with Gasteiger partial charge in [0, 0.05) is 56.9 Å². The highest BCUT2D eigenvalue weighted by molar-refractivity contribution is 5.94. The molecule has 2 aliphatic rings. The van der Waals surface area contributed by atoms with Gasteiger partial charge in [-0.05, 0) is 6.42 Å². The molecule has 130 valence electrons. The Labute approximate surface area is 140 Å². The summed E-state index contributed by atoms with van der Waals surface area (Å²) in [4.78, 5) is 16.1. The second-order valence-corrected chi connectivity index (χ2v) is 5.79. The molecule has 2 aliphatic heterocycles. The fourth-order valence-corrected chi connectivity index (χ4v) is 3.10. The van der Waals surface area contributed by atoms with Crippen LogP contribution < -0.4 is 5.32 Å². The maximum Gasteiger partial charge on any atom is 0.274 e. The summed E-state index contributed by atoms with van der Waals surface area (Å²) < 4.78 is 25.0. The van der Waals surface area contributed by atoms with E-state index in [0.717, 1.165) is 24.2 Å². The van der Waals surface area contributed by atoms with E-state index < -0.39 is 6.43 Å². The summed E-state index contributed by atoms with van der Waals surface area (Å²) >= 11 is 0. The summed E-state index contributed by atoms with van der Waals surface area (Å²) in [7, 11) is 0. The molecule has 3 heterocycles. The van der Waals surface area contributed by atoms with Crippen LogP contribution in [0, 0.1) is 0 Å². The number of hydrogen-bond acceptors (Lipinski definition) is 4. The van der Waals surface area contributed by atoms with Crippen LogP contribution in [0.25, 0.3) is 0 Å². The van der Waals surface area contributed by atoms with Crippen LogP contribution in [0.3, 0.4) is 0 Å². The molecule has 23 heavy (non-hydrogen) atoms. The Balaban J connectivity index is 0.00000192. The fourth-order valence-electron chi connectivity index (χ4n) is 3.10. The van der Waals surface area contributed by atoms with Crippen LogP contribution in [0.4, 0.5) is 8.78 Å². The minimum Gasteiger partial charge on any atom is -0.336 e. The third-order valence-electron chi connectivity index (χ3n) is 4.28. The predicted molar refractivity (Wildman–Crippen MR) is 84.2 cm³/mol. The Bertz CT molecular complexity index is 539. The van der Waals surface area contributed by atoms with E-state index in [9.17, 15) is 13.6 Å². The van der Waals surface area contributed by atoms with Gasteiger partial charge in [0.15, 0.2) is 5.69 Å². The highest BCUT2D eigenvalue weighted by Crippen LogP contribution is 2.18. The van der Waals surface area contributed by atoms with Gasteiger partial charge >= 0.3 is 0 Å². The maximum absolute atomic E-state index is 12.7. The van der Waals surface area contributed by atoms with Crippen molar-refractivity contribution in [3.8, 4) is 0 Å². The van der Waals surface area contributed by atoms with Gasteiger partial charge in [-0.2, -0.15) is 5.10 Å². The molecular formula is C14H22ClF2N5O. The van der Waals surface area contributed by atoms with E-state index in [2.05, 4.69) is 15.5 Å². The zero-order chi connectivity index (χ0) is 15.5. The normalized spacial score (nSPS) is 19.2. The number of nitrogens with one attached hydrogen (secondary N) is 2. The lowest BCUT2D eigenvalue weighted by atomic mass is 10.1. The molecule has 9 heteroatoms. The van der Waals surface area contributed by atoms with Crippen LogP contribution >= 0.6 is 12.4 Å². The standard InChI is InChI=1S/C14H21F2N5O.ClH/c15-12(16)9-20-4-1-5-21(7-6-20)14(22)13-10-8-17-3-2-11(10)18-19-13;/h12,17H,1-9H2,(H,18,19);1H. The highest BCUT2D eigenvalue weighted by atomic mass is 35.5. The molecule has 1 fully saturated rings. The topological polar surface area (TPSA) is 64.3 Å². The number of fused-ring (bicyclic) bond motifs is 1. The summed E-state index contributed by atoms with van der Waals surface area (Å²) in [5.74, 6) is -0.0971. The number of hydrogen-bond donors (Lipinski definition) is 2. The molecule has 1 saturated heterocycles. The van der Waals surface area contributed by atoms with E-state index in [4.69, 9.17) is 0 Å². The van der Waals surface area contributed by atoms with Gasteiger partial charge in [0.25, 0.3) is 12.3 Å². The zero-order valence-electron chi connectivity index (χ0n) is 12.9. The largest absolute Gasteiger partial charge is 0.336 e. The van der Waals surface area contributed by atoms with E-state index in [1.165, 1.54) is 0 Å². The van der Waals surface area contributed by atoms with Crippen molar-refractivity contribution in [2.24, 2.45) is 0 Å². The lowest BCUT2D eigenvalue weighted by molar-refractivity contribution is 0.0736. The smallest absolute Gasteiger partial charge is 0.274 e. The molecule has 3 rings (SSSR count). The number of H-pyrrole nitrogens is 1. The van der Waals surface area contributed by atoms with Crippen molar-refractivity contribution in [3.05, 3.63) is 17.0 Å². The summed E-state index contributed by atoms with van der Waals surface area (Å²) in [6.07, 6.45) is -0.770. The molecule has 2 N–H and O–H groups in total. The molecule has 0 aromatic carbocycles.